The van der Waals surface area contributed by atoms with Gasteiger partial charge in [0, 0.05) is 12.6 Å². The Hall–Kier alpha value is -0.380. The first-order valence-corrected chi connectivity index (χ1v) is 8.55. The summed E-state index contributed by atoms with van der Waals surface area (Å²) < 4.78 is 0. The van der Waals surface area contributed by atoms with Crippen molar-refractivity contribution < 1.29 is 0 Å². The van der Waals surface area contributed by atoms with Crippen LogP contribution in [0, 0.1) is 11.8 Å². The number of rotatable bonds is 7. The molecule has 0 spiro atoms. The topological polar surface area (TPSA) is 15.3 Å². The molecule has 108 valence electrons. The Kier molecular flexibility index (Phi) is 5.86. The third-order valence-electron chi connectivity index (χ3n) is 4.04. The predicted molar refractivity (Wildman–Crippen MR) is 84.9 cm³/mol. The molecule has 0 bridgehead atoms. The molecule has 3 heteroatoms. The lowest BCUT2D eigenvalue weighted by Gasteiger charge is -2.24. The fourth-order valence-corrected chi connectivity index (χ4v) is 3.57. The lowest BCUT2D eigenvalue weighted by Crippen LogP contribution is -2.34. The molecule has 19 heavy (non-hydrogen) atoms. The highest BCUT2D eigenvalue weighted by Gasteiger charge is 2.25. The molecular weight excluding hydrogens is 252 g/mol. The van der Waals surface area contributed by atoms with Crippen LogP contribution in [0.1, 0.15) is 32.8 Å². The van der Waals surface area contributed by atoms with Gasteiger partial charge in [-0.25, -0.2) is 0 Å². The van der Waals surface area contributed by atoms with E-state index < -0.39 is 0 Å². The summed E-state index contributed by atoms with van der Waals surface area (Å²) in [7, 11) is 0. The second-order valence-corrected chi connectivity index (χ2v) is 7.17. The SMILES string of the molecule is CC(C)CNCC1CCN(C(C)Cc2ccsc2)C1. The molecule has 1 saturated heterocycles. The maximum atomic E-state index is 3.61. The second-order valence-electron chi connectivity index (χ2n) is 6.39. The number of nitrogens with one attached hydrogen (secondary N) is 1. The van der Waals surface area contributed by atoms with E-state index in [0.717, 1.165) is 18.4 Å². The van der Waals surface area contributed by atoms with Crippen molar-refractivity contribution in [1.29, 1.82) is 0 Å². The minimum absolute atomic E-state index is 0.685. The van der Waals surface area contributed by atoms with Crippen molar-refractivity contribution in [2.75, 3.05) is 26.2 Å². The molecule has 1 aromatic rings. The van der Waals surface area contributed by atoms with Gasteiger partial charge < -0.3 is 5.32 Å². The van der Waals surface area contributed by atoms with Gasteiger partial charge in [-0.3, -0.25) is 4.90 Å². The summed E-state index contributed by atoms with van der Waals surface area (Å²) in [5, 5.41) is 8.08. The first kappa shape index (κ1) is 15.0. The summed E-state index contributed by atoms with van der Waals surface area (Å²) in [6.45, 7) is 11.8. The zero-order valence-corrected chi connectivity index (χ0v) is 13.4. The van der Waals surface area contributed by atoms with Crippen LogP contribution < -0.4 is 5.32 Å². The third kappa shape index (κ3) is 4.90. The van der Waals surface area contributed by atoms with Crippen molar-refractivity contribution in [3.05, 3.63) is 22.4 Å². The second kappa shape index (κ2) is 7.41. The summed E-state index contributed by atoms with van der Waals surface area (Å²) in [6.07, 6.45) is 2.56. The molecule has 2 nitrogen and oxygen atoms in total. The van der Waals surface area contributed by atoms with E-state index >= 15 is 0 Å². The monoisotopic (exact) mass is 280 g/mol. The predicted octanol–water partition coefficient (Wildman–Crippen LogP) is 3.25. The summed E-state index contributed by atoms with van der Waals surface area (Å²) in [5.74, 6) is 1.61. The van der Waals surface area contributed by atoms with Gasteiger partial charge in [-0.2, -0.15) is 11.3 Å². The van der Waals surface area contributed by atoms with Gasteiger partial charge in [-0.05, 0) is 73.6 Å². The lowest BCUT2D eigenvalue weighted by atomic mass is 10.1. The molecule has 0 saturated carbocycles. The van der Waals surface area contributed by atoms with Gasteiger partial charge in [-0.15, -0.1) is 0 Å². The zero-order valence-electron chi connectivity index (χ0n) is 12.6. The van der Waals surface area contributed by atoms with Crippen LogP contribution in [-0.2, 0) is 6.42 Å². The van der Waals surface area contributed by atoms with Crippen LogP contribution in [0.2, 0.25) is 0 Å². The Labute approximate surface area is 122 Å². The van der Waals surface area contributed by atoms with E-state index in [1.807, 2.05) is 11.3 Å². The van der Waals surface area contributed by atoms with Crippen molar-refractivity contribution in [3.8, 4) is 0 Å². The normalized spacial score (nSPS) is 22.2. The highest BCUT2D eigenvalue weighted by atomic mass is 32.1. The molecule has 2 atom stereocenters. The Bertz CT molecular complexity index is 348. The summed E-state index contributed by atoms with van der Waals surface area (Å²) >= 11 is 1.81. The van der Waals surface area contributed by atoms with Gasteiger partial charge >= 0.3 is 0 Å². The Balaban J connectivity index is 1.69. The largest absolute Gasteiger partial charge is 0.316 e. The molecule has 2 rings (SSSR count). The molecule has 1 fully saturated rings. The molecule has 0 radical (unpaired) electrons. The Morgan fingerprint density at radius 3 is 2.95 bits per heavy atom. The van der Waals surface area contributed by atoms with Gasteiger partial charge in [0.05, 0.1) is 0 Å². The van der Waals surface area contributed by atoms with Crippen molar-refractivity contribution in [2.45, 2.75) is 39.7 Å². The van der Waals surface area contributed by atoms with E-state index in [1.165, 1.54) is 38.0 Å². The summed E-state index contributed by atoms with van der Waals surface area (Å²) in [6, 6.07) is 2.95. The molecular formula is C16H28N2S. The standard InChI is InChI=1S/C16H28N2S/c1-13(2)9-17-10-16-4-6-18(11-16)14(3)8-15-5-7-19-12-15/h5,7,12-14,16-17H,4,6,8-11H2,1-3H3. The van der Waals surface area contributed by atoms with Crippen LogP contribution in [0.4, 0.5) is 0 Å². The smallest absolute Gasteiger partial charge is 0.0108 e. The van der Waals surface area contributed by atoms with E-state index in [-0.39, 0.29) is 0 Å². The molecule has 2 unspecified atom stereocenters. The minimum Gasteiger partial charge on any atom is -0.316 e. The highest BCUT2D eigenvalue weighted by Crippen LogP contribution is 2.20. The van der Waals surface area contributed by atoms with Crippen molar-refractivity contribution in [2.24, 2.45) is 11.8 Å². The number of thiophene rings is 1. The van der Waals surface area contributed by atoms with Crippen LogP contribution >= 0.6 is 11.3 Å². The van der Waals surface area contributed by atoms with Crippen LogP contribution in [0.3, 0.4) is 0 Å². The van der Waals surface area contributed by atoms with Crippen LogP contribution in [0.5, 0.6) is 0 Å². The van der Waals surface area contributed by atoms with Crippen LogP contribution in [0.25, 0.3) is 0 Å². The first-order chi connectivity index (χ1) is 9.15. The van der Waals surface area contributed by atoms with E-state index in [4.69, 9.17) is 0 Å². The van der Waals surface area contributed by atoms with Gasteiger partial charge in [0.1, 0.15) is 0 Å². The Morgan fingerprint density at radius 1 is 1.42 bits per heavy atom. The third-order valence-corrected chi connectivity index (χ3v) is 4.77. The summed E-state index contributed by atoms with van der Waals surface area (Å²) in [4.78, 5) is 2.67. The van der Waals surface area contributed by atoms with Crippen LogP contribution in [0.15, 0.2) is 16.8 Å². The fraction of sp³-hybridized carbons (Fsp3) is 0.750. The average molecular weight is 280 g/mol. The van der Waals surface area contributed by atoms with Crippen molar-refractivity contribution >= 4 is 11.3 Å². The van der Waals surface area contributed by atoms with E-state index in [9.17, 15) is 0 Å². The number of nitrogens with zero attached hydrogens (tertiary/aromatic N) is 1. The molecule has 0 aliphatic carbocycles. The molecule has 0 amide bonds. The number of likely N-dealkylation sites (tertiary alicyclic amines) is 1. The molecule has 1 N–H and O–H groups in total. The zero-order chi connectivity index (χ0) is 13.7. The highest BCUT2D eigenvalue weighted by molar-refractivity contribution is 7.07. The van der Waals surface area contributed by atoms with E-state index in [2.05, 4.69) is 47.8 Å². The van der Waals surface area contributed by atoms with Crippen LogP contribution in [-0.4, -0.2) is 37.1 Å². The Morgan fingerprint density at radius 2 is 2.26 bits per heavy atom. The first-order valence-electron chi connectivity index (χ1n) is 7.61. The van der Waals surface area contributed by atoms with Gasteiger partial charge in [0.25, 0.3) is 0 Å². The molecule has 1 aromatic heterocycles. The number of hydrogen-bond acceptors (Lipinski definition) is 3. The maximum Gasteiger partial charge on any atom is 0.0108 e. The van der Waals surface area contributed by atoms with Crippen molar-refractivity contribution in [1.82, 2.24) is 10.2 Å². The van der Waals surface area contributed by atoms with Gasteiger partial charge in [-0.1, -0.05) is 13.8 Å². The maximum absolute atomic E-state index is 3.61. The molecule has 2 heterocycles. The van der Waals surface area contributed by atoms with E-state index in [1.54, 1.807) is 0 Å². The van der Waals surface area contributed by atoms with Gasteiger partial charge in [0.15, 0.2) is 0 Å². The quantitative estimate of drug-likeness (QED) is 0.825. The summed E-state index contributed by atoms with van der Waals surface area (Å²) in [5.41, 5.74) is 1.50. The van der Waals surface area contributed by atoms with Crippen molar-refractivity contribution in [3.63, 3.8) is 0 Å². The fourth-order valence-electron chi connectivity index (χ4n) is 2.88. The van der Waals surface area contributed by atoms with Gasteiger partial charge in [0.2, 0.25) is 0 Å². The lowest BCUT2D eigenvalue weighted by molar-refractivity contribution is 0.246. The molecule has 1 aliphatic heterocycles. The van der Waals surface area contributed by atoms with E-state index in [0.29, 0.717) is 6.04 Å². The minimum atomic E-state index is 0.685. The number of hydrogen-bond donors (Lipinski definition) is 1. The molecule has 1 aliphatic rings. The average Bonchev–Trinajstić information content (AvgIpc) is 2.99. The molecule has 0 aromatic carbocycles.